The van der Waals surface area contributed by atoms with Crippen LogP contribution in [0, 0.1) is 12.7 Å². The van der Waals surface area contributed by atoms with Crippen LogP contribution in [0.4, 0.5) is 4.39 Å². The molecule has 0 N–H and O–H groups in total. The van der Waals surface area contributed by atoms with E-state index in [2.05, 4.69) is 4.98 Å². The highest BCUT2D eigenvalue weighted by Gasteiger charge is 2.20. The fraction of sp³-hybridized carbons (Fsp3) is 0.0667. The van der Waals surface area contributed by atoms with Gasteiger partial charge in [-0.2, -0.15) is 0 Å². The summed E-state index contributed by atoms with van der Waals surface area (Å²) in [5.41, 5.74) is 1.40. The second-order valence-corrected chi connectivity index (χ2v) is 4.85. The lowest BCUT2D eigenvalue weighted by Gasteiger charge is -1.98. The fourth-order valence-electron chi connectivity index (χ4n) is 2.08. The van der Waals surface area contributed by atoms with Crippen molar-refractivity contribution in [1.82, 2.24) is 4.98 Å². The quantitative estimate of drug-likeness (QED) is 0.665. The zero-order chi connectivity index (χ0) is 14.3. The second kappa shape index (κ2) is 4.72. The Kier molecular flexibility index (Phi) is 3.03. The highest BCUT2D eigenvalue weighted by atomic mass is 35.5. The summed E-state index contributed by atoms with van der Waals surface area (Å²) < 4.78 is 18.7. The zero-order valence-corrected chi connectivity index (χ0v) is 11.2. The van der Waals surface area contributed by atoms with E-state index in [1.54, 1.807) is 25.1 Å². The fourth-order valence-corrected chi connectivity index (χ4v) is 2.25. The number of fused-ring (bicyclic) bond motifs is 1. The molecule has 0 bridgehead atoms. The number of hydrogen-bond donors (Lipinski definition) is 0. The minimum absolute atomic E-state index is 0.151. The summed E-state index contributed by atoms with van der Waals surface area (Å²) in [7, 11) is 0. The highest BCUT2D eigenvalue weighted by molar-refractivity contribution is 6.31. The van der Waals surface area contributed by atoms with Gasteiger partial charge in [-0.15, -0.1) is 0 Å². The monoisotopic (exact) mass is 289 g/mol. The molecular formula is C15H9ClFNO2. The molecule has 0 aliphatic carbocycles. The van der Waals surface area contributed by atoms with Crippen LogP contribution in [-0.2, 0) is 0 Å². The summed E-state index contributed by atoms with van der Waals surface area (Å²) in [6.07, 6.45) is 2.35. The zero-order valence-electron chi connectivity index (χ0n) is 10.5. The molecule has 2 heterocycles. The van der Waals surface area contributed by atoms with Gasteiger partial charge in [0.15, 0.2) is 5.76 Å². The van der Waals surface area contributed by atoms with Gasteiger partial charge in [-0.05, 0) is 31.2 Å². The van der Waals surface area contributed by atoms with Crippen LogP contribution in [0.2, 0.25) is 5.02 Å². The Labute approximate surface area is 119 Å². The Balaban J connectivity index is 2.15. The number of pyridine rings is 1. The first-order valence-electron chi connectivity index (χ1n) is 5.90. The van der Waals surface area contributed by atoms with Gasteiger partial charge in [0.25, 0.3) is 0 Å². The Morgan fingerprint density at radius 1 is 1.30 bits per heavy atom. The molecule has 0 aliphatic heterocycles. The lowest BCUT2D eigenvalue weighted by atomic mass is 10.1. The predicted molar refractivity (Wildman–Crippen MR) is 73.6 cm³/mol. The molecule has 0 aliphatic rings. The van der Waals surface area contributed by atoms with Gasteiger partial charge >= 0.3 is 0 Å². The van der Waals surface area contributed by atoms with E-state index in [1.165, 1.54) is 6.20 Å². The van der Waals surface area contributed by atoms with Gasteiger partial charge < -0.3 is 4.42 Å². The number of aromatic nitrogens is 1. The van der Waals surface area contributed by atoms with Gasteiger partial charge in [-0.1, -0.05) is 11.6 Å². The third-order valence-electron chi connectivity index (χ3n) is 3.07. The molecule has 3 rings (SSSR count). The van der Waals surface area contributed by atoms with Crippen molar-refractivity contribution < 1.29 is 13.6 Å². The number of carbonyl (C=O) groups excluding carboxylic acids is 1. The Morgan fingerprint density at radius 3 is 2.85 bits per heavy atom. The first-order chi connectivity index (χ1) is 9.56. The van der Waals surface area contributed by atoms with Crippen LogP contribution in [0.15, 0.2) is 41.1 Å². The molecule has 20 heavy (non-hydrogen) atoms. The van der Waals surface area contributed by atoms with Crippen LogP contribution in [-0.4, -0.2) is 10.8 Å². The Bertz CT molecular complexity index is 826. The molecule has 0 saturated carbocycles. The van der Waals surface area contributed by atoms with Gasteiger partial charge in [0.2, 0.25) is 5.78 Å². The minimum atomic E-state index is -0.562. The summed E-state index contributed by atoms with van der Waals surface area (Å²) in [6, 6.07) is 6.25. The number of benzene rings is 1. The van der Waals surface area contributed by atoms with Crippen molar-refractivity contribution in [2.24, 2.45) is 0 Å². The predicted octanol–water partition coefficient (Wildman–Crippen LogP) is 4.16. The van der Waals surface area contributed by atoms with E-state index in [0.29, 0.717) is 16.2 Å². The van der Waals surface area contributed by atoms with Crippen LogP contribution >= 0.6 is 11.6 Å². The van der Waals surface area contributed by atoms with Crippen LogP contribution in [0.1, 0.15) is 21.7 Å². The van der Waals surface area contributed by atoms with Crippen LogP contribution in [0.25, 0.3) is 11.0 Å². The van der Waals surface area contributed by atoms with Crippen molar-refractivity contribution in [3.63, 3.8) is 0 Å². The lowest BCUT2D eigenvalue weighted by Crippen LogP contribution is -2.02. The molecule has 3 aromatic rings. The summed E-state index contributed by atoms with van der Waals surface area (Å²) in [5.74, 6) is -0.788. The third-order valence-corrected chi connectivity index (χ3v) is 3.31. The summed E-state index contributed by atoms with van der Waals surface area (Å²) in [5, 5.41) is 1.33. The maximum absolute atomic E-state index is 13.1. The van der Waals surface area contributed by atoms with Gasteiger partial charge in [0.05, 0.1) is 6.20 Å². The molecule has 100 valence electrons. The highest BCUT2D eigenvalue weighted by Crippen LogP contribution is 2.29. The molecular weight excluding hydrogens is 281 g/mol. The van der Waals surface area contributed by atoms with E-state index >= 15 is 0 Å². The summed E-state index contributed by atoms with van der Waals surface area (Å²) >= 11 is 5.93. The lowest BCUT2D eigenvalue weighted by molar-refractivity contribution is 0.101. The SMILES string of the molecule is Cc1c(C(=O)c2cncc(F)c2)oc2ccc(Cl)cc12. The number of furan rings is 1. The first kappa shape index (κ1) is 12.8. The van der Waals surface area contributed by atoms with Crippen molar-refractivity contribution in [2.75, 3.05) is 0 Å². The third kappa shape index (κ3) is 2.08. The van der Waals surface area contributed by atoms with E-state index in [-0.39, 0.29) is 11.3 Å². The molecule has 0 amide bonds. The number of nitrogens with zero attached hydrogens (tertiary/aromatic N) is 1. The van der Waals surface area contributed by atoms with Gasteiger partial charge in [0.1, 0.15) is 11.4 Å². The van der Waals surface area contributed by atoms with Crippen molar-refractivity contribution in [1.29, 1.82) is 0 Å². The standard InChI is InChI=1S/C15H9ClFNO2/c1-8-12-5-10(16)2-3-13(12)20-15(8)14(19)9-4-11(17)7-18-6-9/h2-7H,1H3. The number of aryl methyl sites for hydroxylation is 1. The topological polar surface area (TPSA) is 43.1 Å². The van der Waals surface area contributed by atoms with E-state index in [1.807, 2.05) is 0 Å². The van der Waals surface area contributed by atoms with Crippen molar-refractivity contribution in [3.05, 3.63) is 64.4 Å². The van der Waals surface area contributed by atoms with E-state index in [9.17, 15) is 9.18 Å². The molecule has 5 heteroatoms. The molecule has 0 radical (unpaired) electrons. The number of ketones is 1. The largest absolute Gasteiger partial charge is 0.452 e. The molecule has 0 unspecified atom stereocenters. The van der Waals surface area contributed by atoms with Crippen molar-refractivity contribution in [2.45, 2.75) is 6.92 Å². The molecule has 0 saturated heterocycles. The van der Waals surface area contributed by atoms with E-state index in [0.717, 1.165) is 17.6 Å². The number of halogens is 2. The second-order valence-electron chi connectivity index (χ2n) is 4.42. The van der Waals surface area contributed by atoms with Crippen molar-refractivity contribution >= 4 is 28.4 Å². The number of carbonyl (C=O) groups is 1. The number of rotatable bonds is 2. The molecule has 2 aromatic heterocycles. The van der Waals surface area contributed by atoms with Crippen LogP contribution < -0.4 is 0 Å². The average Bonchev–Trinajstić information content (AvgIpc) is 2.75. The Hall–Kier alpha value is -2.20. The normalized spacial score (nSPS) is 10.9. The molecule has 1 aromatic carbocycles. The first-order valence-corrected chi connectivity index (χ1v) is 6.28. The average molecular weight is 290 g/mol. The minimum Gasteiger partial charge on any atom is -0.452 e. The molecule has 0 atom stereocenters. The van der Waals surface area contributed by atoms with Gasteiger partial charge in [0, 0.05) is 27.7 Å². The number of hydrogen-bond acceptors (Lipinski definition) is 3. The van der Waals surface area contributed by atoms with Crippen LogP contribution in [0.3, 0.4) is 0 Å². The van der Waals surface area contributed by atoms with Crippen LogP contribution in [0.5, 0.6) is 0 Å². The van der Waals surface area contributed by atoms with Gasteiger partial charge in [-0.25, -0.2) is 4.39 Å². The maximum Gasteiger partial charge on any atom is 0.230 e. The van der Waals surface area contributed by atoms with Gasteiger partial charge in [-0.3, -0.25) is 9.78 Å². The molecule has 0 fully saturated rings. The molecule has 0 spiro atoms. The Morgan fingerprint density at radius 2 is 2.10 bits per heavy atom. The molecule has 3 nitrogen and oxygen atoms in total. The smallest absolute Gasteiger partial charge is 0.230 e. The van der Waals surface area contributed by atoms with E-state index < -0.39 is 11.6 Å². The van der Waals surface area contributed by atoms with E-state index in [4.69, 9.17) is 16.0 Å². The summed E-state index contributed by atoms with van der Waals surface area (Å²) in [6.45, 7) is 1.77. The summed E-state index contributed by atoms with van der Waals surface area (Å²) in [4.78, 5) is 16.0. The maximum atomic E-state index is 13.1. The van der Waals surface area contributed by atoms with Crippen molar-refractivity contribution in [3.8, 4) is 0 Å².